The van der Waals surface area contributed by atoms with Gasteiger partial charge in [-0.25, -0.2) is 0 Å². The van der Waals surface area contributed by atoms with Gasteiger partial charge in [0.25, 0.3) is 0 Å². The summed E-state index contributed by atoms with van der Waals surface area (Å²) in [4.78, 5) is 9.90. The summed E-state index contributed by atoms with van der Waals surface area (Å²) in [5.41, 5.74) is 12.2. The molecule has 0 amide bonds. The minimum absolute atomic E-state index is 0. The van der Waals surface area contributed by atoms with Crippen molar-refractivity contribution in [3.63, 3.8) is 0 Å². The van der Waals surface area contributed by atoms with E-state index in [1.165, 1.54) is 33.2 Å². The number of imidazole rings is 1. The van der Waals surface area contributed by atoms with E-state index in [9.17, 15) is 0 Å². The zero-order valence-electron chi connectivity index (χ0n) is 43.6. The molecule has 9 rings (SSSR count). The molecule has 6 heteroatoms. The van der Waals surface area contributed by atoms with Crippen molar-refractivity contribution in [2.24, 2.45) is 5.92 Å². The van der Waals surface area contributed by atoms with E-state index in [-0.39, 0.29) is 43.1 Å². The smallest absolute Gasteiger partial charge is 0.0798 e. The summed E-state index contributed by atoms with van der Waals surface area (Å²) < 4.78 is 52.8. The summed E-state index contributed by atoms with van der Waals surface area (Å²) >= 11 is 1.39. The van der Waals surface area contributed by atoms with Crippen molar-refractivity contribution in [1.29, 1.82) is 0 Å². The van der Waals surface area contributed by atoms with Crippen LogP contribution in [-0.4, -0.2) is 22.6 Å². The van der Waals surface area contributed by atoms with E-state index >= 15 is 0 Å². The van der Waals surface area contributed by atoms with Crippen LogP contribution in [0.5, 0.6) is 0 Å². The van der Waals surface area contributed by atoms with E-state index < -0.39 is 21.8 Å². The number of nitrogens with zero attached hydrogens (tertiary/aromatic N) is 3. The molecular formula is C57H59IrN3SSi-2. The summed E-state index contributed by atoms with van der Waals surface area (Å²) in [5.74, 6) is 1.69. The number of thiophene rings is 1. The predicted molar refractivity (Wildman–Crippen MR) is 271 cm³/mol. The standard InChI is InChI=1S/C39H35N2S.C18H24NSi.Ir/c1-23(2)31-21-28(27-12-8-7-9-13-27)22-32(24(3)4)37(31)41-34-15-11-10-14-33(34)40-39(41)30-19-17-26(6)36-29-18-16-25(5)20-35(29)42-38(30)36;1-14(2)11-16-12-17(15-9-7-6-8-10-15)19-13-18(16)20(3,4)5;/h7-18,20-24H,1-6H3;6-9,12-14H,11H2,1-5H3;/q2*-1;/i5D3,6D3;;. The number of benzene rings is 6. The maximum atomic E-state index is 8.40. The van der Waals surface area contributed by atoms with Crippen molar-refractivity contribution in [2.45, 2.75) is 93.1 Å². The first kappa shape index (κ1) is 38.5. The molecule has 9 aromatic rings. The van der Waals surface area contributed by atoms with E-state index in [0.29, 0.717) is 32.8 Å². The second-order valence-corrected chi connectivity index (χ2v) is 24.5. The summed E-state index contributed by atoms with van der Waals surface area (Å²) in [6, 6.07) is 46.6. The number of rotatable bonds is 9. The van der Waals surface area contributed by atoms with Crippen LogP contribution in [-0.2, 0) is 26.5 Å². The van der Waals surface area contributed by atoms with Crippen LogP contribution >= 0.6 is 11.3 Å². The molecule has 63 heavy (non-hydrogen) atoms. The van der Waals surface area contributed by atoms with Crippen LogP contribution in [0.25, 0.3) is 70.7 Å². The van der Waals surface area contributed by atoms with Gasteiger partial charge >= 0.3 is 0 Å². The topological polar surface area (TPSA) is 30.7 Å². The maximum Gasteiger partial charge on any atom is 0.0798 e. The average molecular weight is 1040 g/mol. The molecule has 323 valence electrons. The van der Waals surface area contributed by atoms with Gasteiger partial charge in [0.1, 0.15) is 0 Å². The van der Waals surface area contributed by atoms with Crippen LogP contribution < -0.4 is 5.19 Å². The molecule has 6 aromatic carbocycles. The number of pyridine rings is 1. The summed E-state index contributed by atoms with van der Waals surface area (Å²) in [6.45, 7) is 15.9. The fraction of sp³-hybridized carbons (Fsp3) is 0.263. The quantitative estimate of drug-likeness (QED) is 0.107. The summed E-state index contributed by atoms with van der Waals surface area (Å²) in [5, 5.41) is 2.79. The van der Waals surface area contributed by atoms with Gasteiger partial charge in [0.15, 0.2) is 0 Å². The van der Waals surface area contributed by atoms with Gasteiger partial charge in [-0.05, 0) is 110 Å². The van der Waals surface area contributed by atoms with Crippen molar-refractivity contribution in [1.82, 2.24) is 14.5 Å². The number of aryl methyl sites for hydroxylation is 2. The number of aromatic nitrogens is 3. The van der Waals surface area contributed by atoms with Crippen molar-refractivity contribution >= 4 is 55.8 Å². The van der Waals surface area contributed by atoms with Crippen molar-refractivity contribution in [3.05, 3.63) is 167 Å². The Morgan fingerprint density at radius 2 is 1.48 bits per heavy atom. The van der Waals surface area contributed by atoms with Crippen molar-refractivity contribution < 1.29 is 28.3 Å². The third kappa shape index (κ3) is 9.47. The van der Waals surface area contributed by atoms with Gasteiger partial charge in [-0.1, -0.05) is 145 Å². The third-order valence-electron chi connectivity index (χ3n) is 11.5. The third-order valence-corrected chi connectivity index (χ3v) is 14.7. The number of hydrogen-bond acceptors (Lipinski definition) is 3. The van der Waals surface area contributed by atoms with Crippen LogP contribution in [0.2, 0.25) is 19.6 Å². The Morgan fingerprint density at radius 1 is 0.762 bits per heavy atom. The van der Waals surface area contributed by atoms with E-state index in [4.69, 9.17) is 13.2 Å². The van der Waals surface area contributed by atoms with Gasteiger partial charge in [0, 0.05) is 44.9 Å². The molecule has 0 N–H and O–H groups in total. The van der Waals surface area contributed by atoms with Crippen LogP contribution in [0.15, 0.2) is 128 Å². The first-order valence-corrected chi connectivity index (χ1v) is 26.0. The number of fused-ring (bicyclic) bond motifs is 4. The molecule has 3 heterocycles. The molecule has 3 nitrogen and oxygen atoms in total. The van der Waals surface area contributed by atoms with Crippen LogP contribution in [0.1, 0.15) is 89.4 Å². The van der Waals surface area contributed by atoms with E-state index in [1.54, 1.807) is 24.3 Å². The molecule has 0 atom stereocenters. The second-order valence-electron chi connectivity index (χ2n) is 18.4. The van der Waals surface area contributed by atoms with Gasteiger partial charge in [-0.3, -0.25) is 4.98 Å². The molecule has 3 aromatic heterocycles. The zero-order chi connectivity index (χ0) is 48.9. The van der Waals surface area contributed by atoms with Gasteiger partial charge in [0.05, 0.1) is 24.9 Å². The normalized spacial score (nSPS) is 13.6. The molecule has 0 aliphatic rings. The Kier molecular flexibility index (Phi) is 11.6. The van der Waals surface area contributed by atoms with Gasteiger partial charge in [-0.15, -0.1) is 53.6 Å². The molecule has 0 unspecified atom stereocenters. The van der Waals surface area contributed by atoms with E-state index in [2.05, 4.69) is 144 Å². The SMILES string of the molecule is CC(C)Cc1cc(-c2[c-]cccc2)ncc1[Si](C)(C)C.[2H]C([2H])([2H])c1ccc2c(c1)sc1c(-c3nc4ccccc4n3-c3c(C(C)C)cc(-c4ccccc4)cc3C(C)C)[c-]cc(C([2H])([2H])[2H])c12.[Ir]. The number of hydrogen-bond donors (Lipinski definition) is 0. The predicted octanol–water partition coefficient (Wildman–Crippen LogP) is 15.7. The molecule has 0 saturated heterocycles. The second kappa shape index (κ2) is 19.0. The van der Waals surface area contributed by atoms with Crippen molar-refractivity contribution in [2.75, 3.05) is 0 Å². The van der Waals surface area contributed by atoms with Crippen molar-refractivity contribution in [3.8, 4) is 39.5 Å². The van der Waals surface area contributed by atoms with Gasteiger partial charge < -0.3 is 9.55 Å². The average Bonchev–Trinajstić information content (AvgIpc) is 3.86. The minimum atomic E-state index is -2.40. The van der Waals surface area contributed by atoms with Crippen LogP contribution in [0.4, 0.5) is 0 Å². The van der Waals surface area contributed by atoms with Crippen LogP contribution in [0.3, 0.4) is 0 Å². The minimum Gasteiger partial charge on any atom is -0.333 e. The zero-order valence-corrected chi connectivity index (χ0v) is 41.9. The largest absolute Gasteiger partial charge is 0.333 e. The Morgan fingerprint density at radius 3 is 2.13 bits per heavy atom. The number of para-hydroxylation sites is 2. The fourth-order valence-electron chi connectivity index (χ4n) is 8.51. The molecule has 0 fully saturated rings. The molecule has 0 saturated carbocycles. The molecule has 0 bridgehead atoms. The molecule has 0 spiro atoms. The molecular weight excluding hydrogens is 979 g/mol. The fourth-order valence-corrected chi connectivity index (χ4v) is 11.4. The van der Waals surface area contributed by atoms with Crippen LogP contribution in [0, 0.1) is 31.8 Å². The first-order chi connectivity index (χ1) is 32.1. The molecule has 1 radical (unpaired) electrons. The Balaban J connectivity index is 0.000000281. The van der Waals surface area contributed by atoms with Gasteiger partial charge in [-0.2, -0.15) is 11.3 Å². The Hall–Kier alpha value is -4.97. The van der Waals surface area contributed by atoms with E-state index in [1.807, 2.05) is 42.5 Å². The van der Waals surface area contributed by atoms with Gasteiger partial charge in [0.2, 0.25) is 0 Å². The summed E-state index contributed by atoms with van der Waals surface area (Å²) in [6.07, 6.45) is 3.24. The molecule has 0 aliphatic heterocycles. The first-order valence-electron chi connectivity index (χ1n) is 24.7. The van der Waals surface area contributed by atoms with E-state index in [0.717, 1.165) is 50.2 Å². The Bertz CT molecular complexity index is 3230. The Labute approximate surface area is 402 Å². The molecule has 0 aliphatic carbocycles. The maximum absolute atomic E-state index is 8.40. The summed E-state index contributed by atoms with van der Waals surface area (Å²) in [7, 11) is -1.34. The monoisotopic (exact) mass is 1040 g/mol.